The Morgan fingerprint density at radius 2 is 2.19 bits per heavy atom. The van der Waals surface area contributed by atoms with Gasteiger partial charge >= 0.3 is 0 Å². The Morgan fingerprint density at radius 1 is 1.29 bits per heavy atom. The van der Waals surface area contributed by atoms with Gasteiger partial charge in [-0.05, 0) is 41.5 Å². The molecular weight excluding hydrogens is 280 g/mol. The van der Waals surface area contributed by atoms with Crippen molar-refractivity contribution in [1.29, 1.82) is 0 Å². The first-order valence-corrected chi connectivity index (χ1v) is 7.92. The van der Waals surface area contributed by atoms with E-state index in [-0.39, 0.29) is 0 Å². The van der Waals surface area contributed by atoms with Gasteiger partial charge in [-0.1, -0.05) is 12.1 Å². The summed E-state index contributed by atoms with van der Waals surface area (Å²) in [4.78, 5) is 11.3. The van der Waals surface area contributed by atoms with Crippen molar-refractivity contribution in [2.24, 2.45) is 0 Å². The molecule has 4 rings (SSSR count). The molecule has 3 heterocycles. The molecule has 0 fully saturated rings. The van der Waals surface area contributed by atoms with Gasteiger partial charge in [0.05, 0.1) is 10.2 Å². The summed E-state index contributed by atoms with van der Waals surface area (Å²) in [6.45, 7) is 3.89. The number of rotatable bonds is 1. The topological polar surface area (TPSA) is 55.0 Å². The molecule has 0 atom stereocenters. The van der Waals surface area contributed by atoms with Crippen LogP contribution in [0, 0.1) is 6.92 Å². The summed E-state index contributed by atoms with van der Waals surface area (Å²) >= 11 is 1.72. The summed E-state index contributed by atoms with van der Waals surface area (Å²) < 4.78 is 1.17. The van der Waals surface area contributed by atoms with Crippen molar-refractivity contribution < 1.29 is 0 Å². The minimum Gasteiger partial charge on any atom is -0.398 e. The summed E-state index contributed by atoms with van der Waals surface area (Å²) in [6.07, 6.45) is 2.68. The quantitative estimate of drug-likeness (QED) is 0.701. The molecule has 2 aromatic heterocycles. The number of fused-ring (bicyclic) bond motifs is 2. The largest absolute Gasteiger partial charge is 0.398 e. The predicted octanol–water partition coefficient (Wildman–Crippen LogP) is 3.14. The van der Waals surface area contributed by atoms with Crippen LogP contribution < -0.4 is 10.6 Å². The van der Waals surface area contributed by atoms with Crippen molar-refractivity contribution in [2.75, 3.05) is 17.2 Å². The molecule has 0 saturated heterocycles. The molecule has 1 aliphatic heterocycles. The van der Waals surface area contributed by atoms with Crippen molar-refractivity contribution in [2.45, 2.75) is 19.9 Å². The Hall–Kier alpha value is -2.14. The molecule has 5 heteroatoms. The lowest BCUT2D eigenvalue weighted by atomic mass is 9.98. The van der Waals surface area contributed by atoms with Crippen LogP contribution in [0.5, 0.6) is 0 Å². The highest BCUT2D eigenvalue weighted by Crippen LogP contribution is 2.34. The molecule has 0 unspecified atom stereocenters. The van der Waals surface area contributed by atoms with E-state index in [2.05, 4.69) is 33.2 Å². The van der Waals surface area contributed by atoms with Crippen LogP contribution in [0.3, 0.4) is 0 Å². The van der Waals surface area contributed by atoms with Crippen LogP contribution in [0.15, 0.2) is 29.9 Å². The highest BCUT2D eigenvalue weighted by molar-refractivity contribution is 7.18. The van der Waals surface area contributed by atoms with Gasteiger partial charge in [0.15, 0.2) is 0 Å². The Balaban J connectivity index is 1.79. The van der Waals surface area contributed by atoms with Crippen LogP contribution in [0.2, 0.25) is 0 Å². The fraction of sp³-hybridized carbons (Fsp3) is 0.250. The Kier molecular flexibility index (Phi) is 2.82. The van der Waals surface area contributed by atoms with E-state index in [0.717, 1.165) is 36.5 Å². The first-order chi connectivity index (χ1) is 10.2. The minimum absolute atomic E-state index is 0.824. The van der Waals surface area contributed by atoms with Crippen molar-refractivity contribution in [3.63, 3.8) is 0 Å². The summed E-state index contributed by atoms with van der Waals surface area (Å²) in [7, 11) is 0. The summed E-state index contributed by atoms with van der Waals surface area (Å²) in [5.74, 6) is 1.03. The fourth-order valence-electron chi connectivity index (χ4n) is 2.97. The van der Waals surface area contributed by atoms with E-state index >= 15 is 0 Å². The summed E-state index contributed by atoms with van der Waals surface area (Å²) in [5, 5.41) is 2.15. The molecule has 0 bridgehead atoms. The Morgan fingerprint density at radius 3 is 3.10 bits per heavy atom. The van der Waals surface area contributed by atoms with Gasteiger partial charge in [0, 0.05) is 18.8 Å². The fourth-order valence-corrected chi connectivity index (χ4v) is 3.99. The van der Waals surface area contributed by atoms with E-state index in [1.165, 1.54) is 21.4 Å². The minimum atomic E-state index is 0.824. The first kappa shape index (κ1) is 12.6. The normalized spacial score (nSPS) is 14.4. The molecule has 0 radical (unpaired) electrons. The molecule has 0 amide bonds. The van der Waals surface area contributed by atoms with E-state index < -0.39 is 0 Å². The maximum atomic E-state index is 6.14. The van der Waals surface area contributed by atoms with Crippen LogP contribution in [0.4, 0.5) is 11.5 Å². The number of thiophene rings is 1. The third-order valence-electron chi connectivity index (χ3n) is 4.12. The Bertz CT molecular complexity index is 824. The van der Waals surface area contributed by atoms with Gasteiger partial charge in [0.25, 0.3) is 0 Å². The van der Waals surface area contributed by atoms with Crippen molar-refractivity contribution in [3.05, 3.63) is 46.6 Å². The second-order valence-electron chi connectivity index (χ2n) is 5.45. The van der Waals surface area contributed by atoms with Crippen molar-refractivity contribution >= 4 is 33.1 Å². The lowest BCUT2D eigenvalue weighted by molar-refractivity contribution is 0.725. The third kappa shape index (κ3) is 1.96. The highest BCUT2D eigenvalue weighted by atomic mass is 32.1. The zero-order chi connectivity index (χ0) is 14.4. The molecule has 2 N–H and O–H groups in total. The molecule has 0 spiro atoms. The molecule has 4 nitrogen and oxygen atoms in total. The molecule has 3 aromatic rings. The van der Waals surface area contributed by atoms with Gasteiger partial charge in [-0.2, -0.15) is 0 Å². The smallest absolute Gasteiger partial charge is 0.150 e. The van der Waals surface area contributed by atoms with E-state index in [1.807, 2.05) is 12.1 Å². The van der Waals surface area contributed by atoms with Gasteiger partial charge in [0.2, 0.25) is 0 Å². The number of benzene rings is 1. The van der Waals surface area contributed by atoms with Crippen molar-refractivity contribution in [3.8, 4) is 0 Å². The SMILES string of the molecule is Cc1csc2c(N3CCc4cccc(N)c4C3)ncnc12. The molecule has 1 aromatic carbocycles. The molecule has 0 aliphatic carbocycles. The molecular formula is C16H16N4S. The lowest BCUT2D eigenvalue weighted by Gasteiger charge is -2.30. The van der Waals surface area contributed by atoms with E-state index in [9.17, 15) is 0 Å². The summed E-state index contributed by atoms with van der Waals surface area (Å²) in [5.41, 5.74) is 11.9. The van der Waals surface area contributed by atoms with E-state index in [1.54, 1.807) is 17.7 Å². The first-order valence-electron chi connectivity index (χ1n) is 7.04. The van der Waals surface area contributed by atoms with E-state index in [0.29, 0.717) is 0 Å². The van der Waals surface area contributed by atoms with Gasteiger partial charge in [-0.3, -0.25) is 0 Å². The summed E-state index contributed by atoms with van der Waals surface area (Å²) in [6, 6.07) is 6.19. The number of nitrogen functional groups attached to an aromatic ring is 1. The average Bonchev–Trinajstić information content (AvgIpc) is 2.89. The molecule has 0 saturated carbocycles. The number of hydrogen-bond acceptors (Lipinski definition) is 5. The number of aryl methyl sites for hydroxylation is 1. The van der Waals surface area contributed by atoms with Crippen LogP contribution >= 0.6 is 11.3 Å². The van der Waals surface area contributed by atoms with Crippen LogP contribution in [-0.2, 0) is 13.0 Å². The zero-order valence-electron chi connectivity index (χ0n) is 11.8. The van der Waals surface area contributed by atoms with Crippen LogP contribution in [-0.4, -0.2) is 16.5 Å². The van der Waals surface area contributed by atoms with Gasteiger partial charge in [0.1, 0.15) is 12.1 Å². The van der Waals surface area contributed by atoms with Gasteiger partial charge in [-0.15, -0.1) is 11.3 Å². The lowest BCUT2D eigenvalue weighted by Crippen LogP contribution is -2.31. The van der Waals surface area contributed by atoms with Gasteiger partial charge in [-0.25, -0.2) is 9.97 Å². The molecule has 106 valence electrons. The number of nitrogens with zero attached hydrogens (tertiary/aromatic N) is 3. The highest BCUT2D eigenvalue weighted by Gasteiger charge is 2.21. The maximum Gasteiger partial charge on any atom is 0.150 e. The zero-order valence-corrected chi connectivity index (χ0v) is 12.7. The van der Waals surface area contributed by atoms with Crippen LogP contribution in [0.25, 0.3) is 10.2 Å². The Labute approximate surface area is 127 Å². The molecule has 21 heavy (non-hydrogen) atoms. The maximum absolute atomic E-state index is 6.14. The van der Waals surface area contributed by atoms with E-state index in [4.69, 9.17) is 5.73 Å². The third-order valence-corrected chi connectivity index (χ3v) is 5.20. The number of hydrogen-bond donors (Lipinski definition) is 1. The average molecular weight is 296 g/mol. The van der Waals surface area contributed by atoms with Gasteiger partial charge < -0.3 is 10.6 Å². The van der Waals surface area contributed by atoms with Crippen LogP contribution in [0.1, 0.15) is 16.7 Å². The monoisotopic (exact) mass is 296 g/mol. The second-order valence-corrected chi connectivity index (χ2v) is 6.33. The number of anilines is 2. The second kappa shape index (κ2) is 4.70. The standard InChI is InChI=1S/C16H16N4S/c1-10-8-21-15-14(10)18-9-19-16(15)20-6-5-11-3-2-4-13(17)12(11)7-20/h2-4,8-9H,5-7,17H2,1H3. The number of nitrogens with two attached hydrogens (primary N) is 1. The van der Waals surface area contributed by atoms with Crippen molar-refractivity contribution in [1.82, 2.24) is 9.97 Å². The predicted molar refractivity (Wildman–Crippen MR) is 87.8 cm³/mol. The number of aromatic nitrogens is 2. The molecule has 1 aliphatic rings.